The number of esters is 5. The van der Waals surface area contributed by atoms with E-state index in [2.05, 4.69) is 0 Å². The molecule has 14 nitrogen and oxygen atoms in total. The molecule has 43 heavy (non-hydrogen) atoms. The number of carbonyl (C=O) groups is 6. The topological polar surface area (TPSA) is 180 Å². The molecule has 0 spiro atoms. The quantitative estimate of drug-likeness (QED) is 0.150. The zero-order valence-electron chi connectivity index (χ0n) is 25.8. The zero-order chi connectivity index (χ0) is 32.5. The summed E-state index contributed by atoms with van der Waals surface area (Å²) in [6.45, 7) is 12.1. The van der Waals surface area contributed by atoms with E-state index in [1.165, 1.54) is 19.9 Å². The molecule has 3 fully saturated rings. The number of ketones is 1. The first-order valence-corrected chi connectivity index (χ1v) is 13.9. The Balaban J connectivity index is 2.11. The largest absolute Gasteiger partial charge is 0.463 e. The number of hydrogen-bond acceptors (Lipinski definition) is 14. The maximum Gasteiger partial charge on any atom is 0.303 e. The van der Waals surface area contributed by atoms with Crippen LogP contribution >= 0.6 is 0 Å². The van der Waals surface area contributed by atoms with E-state index >= 15 is 0 Å². The van der Waals surface area contributed by atoms with Gasteiger partial charge in [0.05, 0.1) is 0 Å². The lowest BCUT2D eigenvalue weighted by atomic mass is 9.61. The first-order chi connectivity index (χ1) is 19.8. The molecule has 1 aliphatic carbocycles. The van der Waals surface area contributed by atoms with E-state index in [-0.39, 0.29) is 12.2 Å². The summed E-state index contributed by atoms with van der Waals surface area (Å²) < 4.78 is 46.1. The summed E-state index contributed by atoms with van der Waals surface area (Å²) in [5.74, 6) is -3.82. The minimum atomic E-state index is -1.51. The monoisotopic (exact) mass is 612 g/mol. The molecule has 2 heterocycles. The van der Waals surface area contributed by atoms with Crippen LogP contribution in [0.1, 0.15) is 68.7 Å². The van der Waals surface area contributed by atoms with Crippen molar-refractivity contribution in [3.05, 3.63) is 12.2 Å². The maximum atomic E-state index is 12.3. The van der Waals surface area contributed by atoms with Gasteiger partial charge in [-0.3, -0.25) is 28.8 Å². The second kappa shape index (κ2) is 12.7. The van der Waals surface area contributed by atoms with Crippen molar-refractivity contribution >= 4 is 35.6 Å². The third kappa shape index (κ3) is 7.24. The van der Waals surface area contributed by atoms with Crippen molar-refractivity contribution in [3.63, 3.8) is 0 Å². The predicted octanol–water partition coefficient (Wildman–Crippen LogP) is 1.49. The fourth-order valence-electron chi connectivity index (χ4n) is 6.18. The molecule has 0 N–H and O–H groups in total. The molecule has 3 aliphatic rings. The van der Waals surface area contributed by atoms with Gasteiger partial charge in [-0.15, -0.1) is 0 Å². The molecule has 0 amide bonds. The molecule has 2 saturated heterocycles. The number of carbonyl (C=O) groups excluding carboxylic acids is 6. The van der Waals surface area contributed by atoms with Gasteiger partial charge in [0.2, 0.25) is 0 Å². The number of hydrogen-bond donors (Lipinski definition) is 0. The predicted molar refractivity (Wildman–Crippen MR) is 143 cm³/mol. The Bertz CT molecular complexity index is 1180. The van der Waals surface area contributed by atoms with Crippen LogP contribution in [0.4, 0.5) is 0 Å². The number of epoxide rings is 1. The minimum Gasteiger partial charge on any atom is -0.463 e. The first kappa shape index (κ1) is 34.1. The lowest BCUT2D eigenvalue weighted by molar-refractivity contribution is -0.333. The third-order valence-electron chi connectivity index (χ3n) is 7.83. The van der Waals surface area contributed by atoms with Gasteiger partial charge in [-0.1, -0.05) is 13.8 Å². The molecule has 240 valence electrons. The van der Waals surface area contributed by atoms with Crippen LogP contribution in [0.5, 0.6) is 0 Å². The standard InChI is InChI=1S/C29H40O14/c1-14(30)10-11-29-27(7,8)25(20(37-16(3)32)12-28(29,9)43-29)42-26-24(40-19(6)35)23(39-18(5)34)22(38-17(4)33)21(41-26)13-36-15(2)31/h10-11,20-26H,12-13H2,1-9H3/b11-10+/t20-,21-,22-,23+,24-,25+,26+,28-,29+/m1/s1. The Morgan fingerprint density at radius 2 is 1.28 bits per heavy atom. The second-order valence-corrected chi connectivity index (χ2v) is 11.7. The Morgan fingerprint density at radius 1 is 0.744 bits per heavy atom. The molecule has 0 aromatic carbocycles. The smallest absolute Gasteiger partial charge is 0.303 e. The average molecular weight is 613 g/mol. The highest BCUT2D eigenvalue weighted by Crippen LogP contribution is 2.67. The molecule has 2 aliphatic heterocycles. The van der Waals surface area contributed by atoms with Crippen molar-refractivity contribution in [2.24, 2.45) is 5.41 Å². The first-order valence-electron chi connectivity index (χ1n) is 13.9. The lowest BCUT2D eigenvalue weighted by Crippen LogP contribution is -2.66. The summed E-state index contributed by atoms with van der Waals surface area (Å²) in [5, 5.41) is 0. The summed E-state index contributed by atoms with van der Waals surface area (Å²) >= 11 is 0. The van der Waals surface area contributed by atoms with E-state index in [1.54, 1.807) is 19.9 Å². The molecule has 3 rings (SSSR count). The van der Waals surface area contributed by atoms with Crippen LogP contribution in [0.3, 0.4) is 0 Å². The van der Waals surface area contributed by atoms with Gasteiger partial charge >= 0.3 is 29.8 Å². The lowest BCUT2D eigenvalue weighted by Gasteiger charge is -2.50. The van der Waals surface area contributed by atoms with Gasteiger partial charge in [0.25, 0.3) is 0 Å². The average Bonchev–Trinajstić information content (AvgIpc) is 3.47. The Hall–Kier alpha value is -3.36. The second-order valence-electron chi connectivity index (χ2n) is 11.7. The van der Waals surface area contributed by atoms with Gasteiger partial charge in [-0.2, -0.15) is 0 Å². The van der Waals surface area contributed by atoms with E-state index < -0.39 is 96.0 Å². The normalized spacial score (nSPS) is 36.1. The van der Waals surface area contributed by atoms with Gasteiger partial charge < -0.3 is 37.9 Å². The van der Waals surface area contributed by atoms with E-state index in [0.717, 1.165) is 27.7 Å². The maximum absolute atomic E-state index is 12.3. The molecular formula is C29H40O14. The molecular weight excluding hydrogens is 572 g/mol. The van der Waals surface area contributed by atoms with Crippen molar-refractivity contribution in [2.45, 2.75) is 123 Å². The summed E-state index contributed by atoms with van der Waals surface area (Å²) in [6, 6.07) is 0. The fourth-order valence-corrected chi connectivity index (χ4v) is 6.18. The summed E-state index contributed by atoms with van der Waals surface area (Å²) in [7, 11) is 0. The van der Waals surface area contributed by atoms with Crippen LogP contribution in [0.15, 0.2) is 12.2 Å². The molecule has 0 unspecified atom stereocenters. The number of fused-ring (bicyclic) bond motifs is 1. The van der Waals surface area contributed by atoms with Crippen molar-refractivity contribution in [1.29, 1.82) is 0 Å². The van der Waals surface area contributed by atoms with Crippen LogP contribution < -0.4 is 0 Å². The Labute approximate surface area is 249 Å². The molecule has 0 radical (unpaired) electrons. The molecule has 0 aromatic rings. The van der Waals surface area contributed by atoms with Gasteiger partial charge in [0.15, 0.2) is 30.4 Å². The number of allylic oxidation sites excluding steroid dienone is 1. The van der Waals surface area contributed by atoms with E-state index in [4.69, 9.17) is 37.9 Å². The minimum absolute atomic E-state index is 0.175. The Morgan fingerprint density at radius 3 is 1.79 bits per heavy atom. The summed E-state index contributed by atoms with van der Waals surface area (Å²) in [6.07, 6.45) is -5.73. The van der Waals surface area contributed by atoms with Crippen molar-refractivity contribution in [2.75, 3.05) is 6.61 Å². The van der Waals surface area contributed by atoms with E-state index in [1.807, 2.05) is 6.92 Å². The van der Waals surface area contributed by atoms with E-state index in [9.17, 15) is 28.8 Å². The van der Waals surface area contributed by atoms with Crippen molar-refractivity contribution in [3.8, 4) is 0 Å². The van der Waals surface area contributed by atoms with Crippen LogP contribution in [0, 0.1) is 5.41 Å². The fraction of sp³-hybridized carbons (Fsp3) is 0.724. The number of rotatable bonds is 10. The molecule has 9 atom stereocenters. The van der Waals surface area contributed by atoms with Crippen LogP contribution in [-0.2, 0) is 66.7 Å². The highest BCUT2D eigenvalue weighted by molar-refractivity contribution is 5.87. The third-order valence-corrected chi connectivity index (χ3v) is 7.83. The van der Waals surface area contributed by atoms with E-state index in [0.29, 0.717) is 0 Å². The summed E-state index contributed by atoms with van der Waals surface area (Å²) in [4.78, 5) is 72.2. The van der Waals surface area contributed by atoms with Gasteiger partial charge in [-0.25, -0.2) is 0 Å². The molecule has 14 heteroatoms. The highest BCUT2D eigenvalue weighted by Gasteiger charge is 2.79. The molecule has 1 saturated carbocycles. The molecule has 0 aromatic heterocycles. The molecule has 0 bridgehead atoms. The van der Waals surface area contributed by atoms with Gasteiger partial charge in [0, 0.05) is 46.5 Å². The van der Waals surface area contributed by atoms with Crippen molar-refractivity contribution < 1.29 is 66.7 Å². The SMILES string of the molecule is CC(=O)/C=C/[C@@]12O[C@]1(C)C[C@@H](OC(C)=O)[C@H](O[C@@H]1O[C@H](COC(C)=O)[C@@H](OC(C)=O)[C@H](OC(C)=O)[C@H]1OC(C)=O)C2(C)C. The zero-order valence-corrected chi connectivity index (χ0v) is 25.8. The van der Waals surface area contributed by atoms with Crippen LogP contribution in [0.25, 0.3) is 0 Å². The van der Waals surface area contributed by atoms with Crippen LogP contribution in [-0.4, -0.2) is 96.4 Å². The van der Waals surface area contributed by atoms with Crippen molar-refractivity contribution in [1.82, 2.24) is 0 Å². The van der Waals surface area contributed by atoms with Gasteiger partial charge in [-0.05, 0) is 26.0 Å². The van der Waals surface area contributed by atoms with Crippen LogP contribution in [0.2, 0.25) is 0 Å². The Kier molecular flexibility index (Phi) is 10.1. The number of ether oxygens (including phenoxy) is 8. The summed E-state index contributed by atoms with van der Waals surface area (Å²) in [5.41, 5.74) is -2.85. The van der Waals surface area contributed by atoms with Gasteiger partial charge in [0.1, 0.15) is 36.1 Å². The highest BCUT2D eigenvalue weighted by atomic mass is 16.7.